The predicted molar refractivity (Wildman–Crippen MR) is 58.5 cm³/mol. The van der Waals surface area contributed by atoms with Crippen LogP contribution in [-0.4, -0.2) is 19.8 Å². The Morgan fingerprint density at radius 1 is 1.33 bits per heavy atom. The molecule has 1 rings (SSSR count). The molecule has 0 fully saturated rings. The van der Waals surface area contributed by atoms with Crippen molar-refractivity contribution in [3.63, 3.8) is 0 Å². The van der Waals surface area contributed by atoms with Gasteiger partial charge in [-0.1, -0.05) is 12.1 Å². The number of benzene rings is 1. The second-order valence-electron chi connectivity index (χ2n) is 2.83. The first-order valence-electron chi connectivity index (χ1n) is 4.05. The Bertz CT molecular complexity index is 465. The molecule has 0 unspecified atom stereocenters. The van der Waals surface area contributed by atoms with Crippen LogP contribution in [0.3, 0.4) is 0 Å². The Labute approximate surface area is 92.8 Å². The van der Waals surface area contributed by atoms with E-state index in [9.17, 15) is 13.2 Å². The molecule has 0 radical (unpaired) electrons. The average Bonchev–Trinajstić information content (AvgIpc) is 2.05. The van der Waals surface area contributed by atoms with Crippen molar-refractivity contribution < 1.29 is 17.4 Å². The lowest BCUT2D eigenvalue weighted by Crippen LogP contribution is -2.06. The first-order valence-corrected chi connectivity index (χ1v) is 6.69. The lowest BCUT2D eigenvalue weighted by molar-refractivity contribution is -0.109. The molecule has 0 atom stereocenters. The normalized spacial score (nSPS) is 11.1. The van der Waals surface area contributed by atoms with E-state index in [1.165, 1.54) is 13.0 Å². The third-order valence-electron chi connectivity index (χ3n) is 1.34. The Morgan fingerprint density at radius 3 is 2.47 bits per heavy atom. The first-order chi connectivity index (χ1) is 6.88. The maximum Gasteiger partial charge on any atom is 0.306 e. The van der Waals surface area contributed by atoms with E-state index in [1.54, 1.807) is 18.2 Å². The van der Waals surface area contributed by atoms with Gasteiger partial charge in [0.1, 0.15) is 0 Å². The first kappa shape index (κ1) is 12.1. The molecule has 0 aliphatic carbocycles. The molecule has 4 nitrogen and oxygen atoms in total. The van der Waals surface area contributed by atoms with Crippen molar-refractivity contribution in [1.29, 1.82) is 0 Å². The number of hydrogen-bond acceptors (Lipinski definition) is 5. The summed E-state index contributed by atoms with van der Waals surface area (Å²) in [5.41, 5.74) is 0. The molecular formula is C9H10O4S2. The molecular weight excluding hydrogens is 236 g/mol. The summed E-state index contributed by atoms with van der Waals surface area (Å²) in [7, 11) is -3.56. The van der Waals surface area contributed by atoms with Crippen molar-refractivity contribution in [3.8, 4) is 5.75 Å². The maximum absolute atomic E-state index is 10.9. The molecule has 1 aromatic carbocycles. The molecule has 0 amide bonds. The molecule has 82 valence electrons. The molecule has 0 saturated carbocycles. The standard InChI is InChI=1S/C9H10O4S2/c1-7(10)14-9-6-4-3-5-8(9)13-15(2,11)12/h3-6H,1-2H3. The number of carbonyl (C=O) groups excluding carboxylic acids is 1. The van der Waals surface area contributed by atoms with E-state index in [1.807, 2.05) is 0 Å². The fourth-order valence-corrected chi connectivity index (χ4v) is 2.11. The molecule has 0 bridgehead atoms. The van der Waals surface area contributed by atoms with Crippen LogP contribution in [0.1, 0.15) is 6.92 Å². The minimum Gasteiger partial charge on any atom is -0.381 e. The number of thioether (sulfide) groups is 1. The summed E-state index contributed by atoms with van der Waals surface area (Å²) < 4.78 is 26.6. The number of para-hydroxylation sites is 1. The van der Waals surface area contributed by atoms with Crippen LogP contribution in [0.5, 0.6) is 5.75 Å². The van der Waals surface area contributed by atoms with Crippen LogP contribution in [0.15, 0.2) is 29.2 Å². The van der Waals surface area contributed by atoms with E-state index in [0.29, 0.717) is 4.90 Å². The fourth-order valence-electron chi connectivity index (χ4n) is 0.921. The van der Waals surface area contributed by atoms with Gasteiger partial charge in [0.2, 0.25) is 0 Å². The second kappa shape index (κ2) is 4.67. The highest BCUT2D eigenvalue weighted by Crippen LogP contribution is 2.30. The van der Waals surface area contributed by atoms with E-state index < -0.39 is 10.1 Å². The SMILES string of the molecule is CC(=O)Sc1ccccc1OS(C)(=O)=O. The highest BCUT2D eigenvalue weighted by Gasteiger charge is 2.10. The van der Waals surface area contributed by atoms with Crippen LogP contribution in [-0.2, 0) is 14.9 Å². The van der Waals surface area contributed by atoms with E-state index in [0.717, 1.165) is 18.0 Å². The summed E-state index contributed by atoms with van der Waals surface area (Å²) in [6, 6.07) is 6.49. The van der Waals surface area contributed by atoms with Gasteiger partial charge >= 0.3 is 10.1 Å². The molecule has 0 N–H and O–H groups in total. The smallest absolute Gasteiger partial charge is 0.306 e. The number of hydrogen-bond donors (Lipinski definition) is 0. The van der Waals surface area contributed by atoms with Crippen molar-refractivity contribution in [3.05, 3.63) is 24.3 Å². The summed E-state index contributed by atoms with van der Waals surface area (Å²) in [6.07, 6.45) is 0.961. The summed E-state index contributed by atoms with van der Waals surface area (Å²) >= 11 is 0.937. The molecule has 0 heterocycles. The van der Waals surface area contributed by atoms with Gasteiger partial charge in [-0.2, -0.15) is 8.42 Å². The van der Waals surface area contributed by atoms with Gasteiger partial charge in [0.25, 0.3) is 0 Å². The van der Waals surface area contributed by atoms with Crippen molar-refractivity contribution in [2.24, 2.45) is 0 Å². The highest BCUT2D eigenvalue weighted by molar-refractivity contribution is 8.13. The molecule has 15 heavy (non-hydrogen) atoms. The van der Waals surface area contributed by atoms with Gasteiger partial charge in [0.15, 0.2) is 10.9 Å². The summed E-state index contributed by atoms with van der Waals surface area (Å²) in [6.45, 7) is 1.40. The van der Waals surface area contributed by atoms with E-state index in [-0.39, 0.29) is 10.9 Å². The van der Waals surface area contributed by atoms with Gasteiger partial charge in [-0.3, -0.25) is 4.79 Å². The fraction of sp³-hybridized carbons (Fsp3) is 0.222. The molecule has 6 heteroatoms. The Hall–Kier alpha value is -1.01. The van der Waals surface area contributed by atoms with Crippen molar-refractivity contribution in [2.75, 3.05) is 6.26 Å². The molecule has 1 aromatic rings. The highest BCUT2D eigenvalue weighted by atomic mass is 32.2. The molecule has 0 aliphatic rings. The van der Waals surface area contributed by atoms with E-state index in [4.69, 9.17) is 4.18 Å². The van der Waals surface area contributed by atoms with Crippen molar-refractivity contribution in [1.82, 2.24) is 0 Å². The molecule has 0 aromatic heterocycles. The van der Waals surface area contributed by atoms with Gasteiger partial charge in [0.05, 0.1) is 11.2 Å². The van der Waals surface area contributed by atoms with Crippen LogP contribution in [0, 0.1) is 0 Å². The number of rotatable bonds is 3. The monoisotopic (exact) mass is 246 g/mol. The largest absolute Gasteiger partial charge is 0.381 e. The predicted octanol–water partition coefficient (Wildman–Crippen LogP) is 1.66. The van der Waals surface area contributed by atoms with Gasteiger partial charge in [-0.25, -0.2) is 0 Å². The average molecular weight is 246 g/mol. The van der Waals surface area contributed by atoms with Gasteiger partial charge in [0, 0.05) is 6.92 Å². The quantitative estimate of drug-likeness (QED) is 0.599. The topological polar surface area (TPSA) is 60.4 Å². The van der Waals surface area contributed by atoms with Crippen LogP contribution in [0.4, 0.5) is 0 Å². The third-order valence-corrected chi connectivity index (χ3v) is 2.67. The lowest BCUT2D eigenvalue weighted by Gasteiger charge is -2.06. The molecule has 0 spiro atoms. The van der Waals surface area contributed by atoms with Crippen LogP contribution in [0.2, 0.25) is 0 Å². The minimum absolute atomic E-state index is 0.125. The summed E-state index contributed by atoms with van der Waals surface area (Å²) in [4.78, 5) is 11.4. The van der Waals surface area contributed by atoms with Crippen LogP contribution >= 0.6 is 11.8 Å². The Morgan fingerprint density at radius 2 is 1.93 bits per heavy atom. The van der Waals surface area contributed by atoms with Crippen molar-refractivity contribution in [2.45, 2.75) is 11.8 Å². The maximum atomic E-state index is 10.9. The zero-order chi connectivity index (χ0) is 11.5. The summed E-state index contributed by atoms with van der Waals surface area (Å²) in [5, 5.41) is -0.125. The second-order valence-corrected chi connectivity index (χ2v) is 5.62. The Balaban J connectivity index is 3.01. The third kappa shape index (κ3) is 4.35. The molecule has 0 aliphatic heterocycles. The minimum atomic E-state index is -3.56. The van der Waals surface area contributed by atoms with Crippen molar-refractivity contribution >= 4 is 27.0 Å². The van der Waals surface area contributed by atoms with Gasteiger partial charge in [-0.15, -0.1) is 0 Å². The van der Waals surface area contributed by atoms with E-state index >= 15 is 0 Å². The zero-order valence-electron chi connectivity index (χ0n) is 8.26. The zero-order valence-corrected chi connectivity index (χ0v) is 9.89. The van der Waals surface area contributed by atoms with Gasteiger partial charge < -0.3 is 4.18 Å². The van der Waals surface area contributed by atoms with Gasteiger partial charge in [-0.05, 0) is 23.9 Å². The van der Waals surface area contributed by atoms with E-state index in [2.05, 4.69) is 0 Å². The summed E-state index contributed by atoms with van der Waals surface area (Å²) in [5.74, 6) is 0.181. The van der Waals surface area contributed by atoms with Crippen LogP contribution in [0.25, 0.3) is 0 Å². The lowest BCUT2D eigenvalue weighted by atomic mass is 10.3. The Kier molecular flexibility index (Phi) is 3.76. The molecule has 0 saturated heterocycles. The van der Waals surface area contributed by atoms with Crippen LogP contribution < -0.4 is 4.18 Å². The number of carbonyl (C=O) groups is 1.